The van der Waals surface area contributed by atoms with E-state index in [2.05, 4.69) is 22.4 Å². The maximum Gasteiger partial charge on any atom is 0.122 e. The summed E-state index contributed by atoms with van der Waals surface area (Å²) >= 11 is 0. The number of benzene rings is 2. The van der Waals surface area contributed by atoms with Crippen molar-refractivity contribution in [3.05, 3.63) is 89.4 Å². The highest BCUT2D eigenvalue weighted by Crippen LogP contribution is 2.19. The zero-order chi connectivity index (χ0) is 19.8. The maximum atomic E-state index is 9.19. The Bertz CT molecular complexity index is 914. The van der Waals surface area contributed by atoms with Crippen LogP contribution in [0.1, 0.15) is 28.5 Å². The quantitative estimate of drug-likeness (QED) is 0.609. The Morgan fingerprint density at radius 1 is 1.11 bits per heavy atom. The Morgan fingerprint density at radius 3 is 2.71 bits per heavy atom. The second-order valence-corrected chi connectivity index (χ2v) is 6.83. The molecule has 0 spiro atoms. The van der Waals surface area contributed by atoms with Gasteiger partial charge in [-0.15, -0.1) is 0 Å². The third-order valence-corrected chi connectivity index (χ3v) is 4.59. The summed E-state index contributed by atoms with van der Waals surface area (Å²) in [7, 11) is 4.09. The lowest BCUT2D eigenvalue weighted by Crippen LogP contribution is -2.30. The van der Waals surface area contributed by atoms with E-state index in [9.17, 15) is 5.26 Å². The van der Waals surface area contributed by atoms with E-state index < -0.39 is 0 Å². The number of nitrogens with zero attached hydrogens (tertiary/aromatic N) is 2. The maximum absolute atomic E-state index is 9.19. The third kappa shape index (κ3) is 5.23. The van der Waals surface area contributed by atoms with Crippen LogP contribution in [0.15, 0.2) is 71.3 Å². The second-order valence-electron chi connectivity index (χ2n) is 6.83. The number of rotatable bonds is 9. The summed E-state index contributed by atoms with van der Waals surface area (Å²) in [6, 6.07) is 21.8. The average molecular weight is 375 g/mol. The largest absolute Gasteiger partial charge is 0.489 e. The normalized spacial score (nSPS) is 11.9. The summed E-state index contributed by atoms with van der Waals surface area (Å²) in [5.41, 5.74) is 2.68. The van der Waals surface area contributed by atoms with Gasteiger partial charge in [-0.2, -0.15) is 5.26 Å². The first kappa shape index (κ1) is 19.7. The molecule has 28 heavy (non-hydrogen) atoms. The van der Waals surface area contributed by atoms with Gasteiger partial charge in [-0.05, 0) is 50.0 Å². The van der Waals surface area contributed by atoms with Gasteiger partial charge < -0.3 is 14.5 Å². The third-order valence-electron chi connectivity index (χ3n) is 4.59. The van der Waals surface area contributed by atoms with Crippen molar-refractivity contribution in [2.75, 3.05) is 20.6 Å². The van der Waals surface area contributed by atoms with Crippen molar-refractivity contribution in [3.8, 4) is 11.8 Å². The first-order valence-electron chi connectivity index (χ1n) is 9.27. The smallest absolute Gasteiger partial charge is 0.122 e. The molecule has 0 amide bonds. The van der Waals surface area contributed by atoms with Gasteiger partial charge in [0.05, 0.1) is 23.9 Å². The van der Waals surface area contributed by atoms with Crippen LogP contribution in [-0.2, 0) is 13.2 Å². The van der Waals surface area contributed by atoms with Gasteiger partial charge in [0.25, 0.3) is 0 Å². The average Bonchev–Trinajstić information content (AvgIpc) is 3.24. The molecular weight excluding hydrogens is 350 g/mol. The van der Waals surface area contributed by atoms with Crippen LogP contribution in [0.3, 0.4) is 0 Å². The zero-order valence-electron chi connectivity index (χ0n) is 16.3. The topological polar surface area (TPSA) is 61.4 Å². The molecule has 1 heterocycles. The minimum atomic E-state index is 0.178. The molecule has 5 heteroatoms. The number of likely N-dealkylation sites (N-methyl/N-ethyl adjacent to an activating group) is 1. The van der Waals surface area contributed by atoms with E-state index in [0.29, 0.717) is 12.2 Å². The molecule has 144 valence electrons. The molecule has 0 aliphatic heterocycles. The number of ether oxygens (including phenoxy) is 1. The molecule has 1 unspecified atom stereocenters. The summed E-state index contributed by atoms with van der Waals surface area (Å²) in [5, 5.41) is 12.7. The summed E-state index contributed by atoms with van der Waals surface area (Å²) in [6.07, 6.45) is 1.71. The van der Waals surface area contributed by atoms with E-state index in [4.69, 9.17) is 9.15 Å². The predicted octanol–water partition coefficient (Wildman–Crippen LogP) is 4.12. The molecule has 1 aromatic heterocycles. The molecule has 2 aromatic carbocycles. The van der Waals surface area contributed by atoms with Crippen LogP contribution in [0.2, 0.25) is 0 Å². The lowest BCUT2D eigenvalue weighted by atomic mass is 10.1. The second kappa shape index (κ2) is 9.75. The molecule has 0 aliphatic carbocycles. The number of hydrogen-bond donors (Lipinski definition) is 1. The van der Waals surface area contributed by atoms with Crippen LogP contribution in [-0.4, -0.2) is 25.5 Å². The molecule has 0 saturated heterocycles. The van der Waals surface area contributed by atoms with Crippen LogP contribution in [0, 0.1) is 11.3 Å². The first-order chi connectivity index (χ1) is 13.7. The molecule has 3 aromatic rings. The molecule has 3 rings (SSSR count). The van der Waals surface area contributed by atoms with Gasteiger partial charge in [-0.3, -0.25) is 4.90 Å². The Morgan fingerprint density at radius 2 is 1.96 bits per heavy atom. The van der Waals surface area contributed by atoms with Gasteiger partial charge in [-0.25, -0.2) is 0 Å². The van der Waals surface area contributed by atoms with Crippen molar-refractivity contribution in [2.24, 2.45) is 0 Å². The zero-order valence-corrected chi connectivity index (χ0v) is 16.3. The van der Waals surface area contributed by atoms with E-state index in [1.807, 2.05) is 62.6 Å². The van der Waals surface area contributed by atoms with Crippen LogP contribution >= 0.6 is 0 Å². The van der Waals surface area contributed by atoms with Crippen molar-refractivity contribution >= 4 is 0 Å². The fraction of sp³-hybridized carbons (Fsp3) is 0.261. The minimum Gasteiger partial charge on any atom is -0.489 e. The standard InChI is InChI=1S/C23H25N3O2/c1-26(2)22(23-11-6-12-27-23)16-25-15-18-7-5-10-21(13-18)28-17-20-9-4-3-8-19(20)14-24/h3-13,22,25H,15-17H2,1-2H3. The summed E-state index contributed by atoms with van der Waals surface area (Å²) < 4.78 is 11.4. The molecule has 1 atom stereocenters. The van der Waals surface area contributed by atoms with Crippen LogP contribution in [0.25, 0.3) is 0 Å². The van der Waals surface area contributed by atoms with Gasteiger partial charge in [0.2, 0.25) is 0 Å². The van der Waals surface area contributed by atoms with Gasteiger partial charge in [0.15, 0.2) is 0 Å². The fourth-order valence-corrected chi connectivity index (χ4v) is 3.03. The highest BCUT2D eigenvalue weighted by atomic mass is 16.5. The first-order valence-corrected chi connectivity index (χ1v) is 9.27. The lowest BCUT2D eigenvalue weighted by molar-refractivity contribution is 0.250. The number of nitrogens with one attached hydrogen (secondary N) is 1. The molecule has 0 radical (unpaired) electrons. The van der Waals surface area contributed by atoms with Crippen molar-refractivity contribution in [3.63, 3.8) is 0 Å². The predicted molar refractivity (Wildman–Crippen MR) is 109 cm³/mol. The van der Waals surface area contributed by atoms with Crippen molar-refractivity contribution in [1.82, 2.24) is 10.2 Å². The van der Waals surface area contributed by atoms with Crippen LogP contribution < -0.4 is 10.1 Å². The monoisotopic (exact) mass is 375 g/mol. The minimum absolute atomic E-state index is 0.178. The van der Waals surface area contributed by atoms with Gasteiger partial charge in [-0.1, -0.05) is 30.3 Å². The van der Waals surface area contributed by atoms with E-state index >= 15 is 0 Å². The Kier molecular flexibility index (Phi) is 6.85. The van der Waals surface area contributed by atoms with Crippen molar-refractivity contribution < 1.29 is 9.15 Å². The highest BCUT2D eigenvalue weighted by Gasteiger charge is 2.16. The number of furan rings is 1. The Balaban J connectivity index is 1.55. The molecule has 0 aliphatic rings. The molecular formula is C23H25N3O2. The number of hydrogen-bond acceptors (Lipinski definition) is 5. The molecule has 0 saturated carbocycles. The van der Waals surface area contributed by atoms with Crippen LogP contribution in [0.4, 0.5) is 0 Å². The van der Waals surface area contributed by atoms with Gasteiger partial charge in [0.1, 0.15) is 18.1 Å². The number of nitriles is 1. The molecule has 0 bridgehead atoms. The van der Waals surface area contributed by atoms with E-state index in [-0.39, 0.29) is 6.04 Å². The Hall–Kier alpha value is -3.07. The molecule has 1 N–H and O–H groups in total. The van der Waals surface area contributed by atoms with E-state index in [1.165, 1.54) is 0 Å². The van der Waals surface area contributed by atoms with Gasteiger partial charge in [0, 0.05) is 18.7 Å². The lowest BCUT2D eigenvalue weighted by Gasteiger charge is -2.22. The van der Waals surface area contributed by atoms with E-state index in [1.54, 1.807) is 12.3 Å². The van der Waals surface area contributed by atoms with Crippen LogP contribution in [0.5, 0.6) is 5.75 Å². The van der Waals surface area contributed by atoms with Crippen molar-refractivity contribution in [1.29, 1.82) is 5.26 Å². The molecule has 0 fully saturated rings. The van der Waals surface area contributed by atoms with E-state index in [0.717, 1.165) is 35.7 Å². The van der Waals surface area contributed by atoms with Crippen molar-refractivity contribution in [2.45, 2.75) is 19.2 Å². The Labute approximate surface area is 166 Å². The summed E-state index contributed by atoms with van der Waals surface area (Å²) in [5.74, 6) is 1.74. The molecule has 5 nitrogen and oxygen atoms in total. The summed E-state index contributed by atoms with van der Waals surface area (Å²) in [4.78, 5) is 2.14. The van der Waals surface area contributed by atoms with Gasteiger partial charge >= 0.3 is 0 Å². The fourth-order valence-electron chi connectivity index (χ4n) is 3.03. The highest BCUT2D eigenvalue weighted by molar-refractivity contribution is 5.37. The summed E-state index contributed by atoms with van der Waals surface area (Å²) in [6.45, 7) is 1.89. The SMILES string of the molecule is CN(C)C(CNCc1cccc(OCc2ccccc2C#N)c1)c1ccco1.